The van der Waals surface area contributed by atoms with Crippen molar-refractivity contribution in [1.29, 1.82) is 0 Å². The number of imidazole rings is 1. The number of hydrogen-bond donors (Lipinski definition) is 1. The molecule has 0 saturated heterocycles. The number of aromatic hydroxyl groups is 1. The molecule has 0 bridgehead atoms. The lowest BCUT2D eigenvalue weighted by Crippen LogP contribution is -2.12. The normalized spacial score (nSPS) is 12.8. The Hall–Kier alpha value is -7.04. The van der Waals surface area contributed by atoms with Crippen LogP contribution >= 0.6 is 0 Å². The molecule has 7 aromatic carbocycles. The van der Waals surface area contributed by atoms with Gasteiger partial charge >= 0.3 is 0 Å². The standard InChI is InChI=1S/C58H53N3O/c1-37(2)50-35-44(42-18-12-9-13-19-42)28-29-53(50)61-54-23-15-20-48(55(54)60-57(61)49-21-14-22-51(56(49)62)58(5,6)7)46-32-38(3)33-47(34-46)52-36-45(30-31-59-52)43-26-24-41(25-27-43)39(4)40-16-10-8-11-17-40/h8-37,39,62H,1-7H3/i3D2. The van der Waals surface area contributed by atoms with Crippen molar-refractivity contribution in [3.63, 3.8) is 0 Å². The summed E-state index contributed by atoms with van der Waals surface area (Å²) in [5.41, 5.74) is 15.7. The first-order valence-electron chi connectivity index (χ1n) is 22.7. The average molecular weight is 810 g/mol. The maximum absolute atomic E-state index is 12.1. The highest BCUT2D eigenvalue weighted by atomic mass is 16.3. The molecule has 0 spiro atoms. The van der Waals surface area contributed by atoms with Gasteiger partial charge in [-0.3, -0.25) is 9.55 Å². The van der Waals surface area contributed by atoms with Crippen molar-refractivity contribution in [3.8, 4) is 67.5 Å². The van der Waals surface area contributed by atoms with Gasteiger partial charge in [0.1, 0.15) is 11.6 Å². The molecule has 0 aliphatic carbocycles. The summed E-state index contributed by atoms with van der Waals surface area (Å²) in [5, 5.41) is 12.1. The maximum atomic E-state index is 12.1. The van der Waals surface area contributed by atoms with Crippen molar-refractivity contribution in [2.75, 3.05) is 0 Å². The minimum atomic E-state index is -1.22. The van der Waals surface area contributed by atoms with Crippen LogP contribution in [-0.2, 0) is 5.41 Å². The lowest BCUT2D eigenvalue weighted by molar-refractivity contribution is 0.448. The summed E-state index contributed by atoms with van der Waals surface area (Å²) in [6, 6.07) is 58.6. The number of aromatic nitrogens is 3. The van der Waals surface area contributed by atoms with Crippen molar-refractivity contribution < 1.29 is 7.85 Å². The molecule has 9 aromatic rings. The van der Waals surface area contributed by atoms with E-state index in [1.54, 1.807) is 0 Å². The SMILES string of the molecule is [2H]C([2H])c1cc(-c2cc(-c3ccc(C(C)c4ccccc4)cc3)ccn2)cc(-c2cccc3c2nc(-c2cccc(C(C)(C)C)c2O)n3-c2ccc(-c3ccccc3)cc2C(C)C)c1. The third-order valence-corrected chi connectivity index (χ3v) is 12.1. The molecule has 0 saturated carbocycles. The largest absolute Gasteiger partial charge is 0.507 e. The summed E-state index contributed by atoms with van der Waals surface area (Å²) in [6.45, 7) is 11.8. The van der Waals surface area contributed by atoms with Gasteiger partial charge in [-0.05, 0) is 122 Å². The zero-order valence-electron chi connectivity index (χ0n) is 38.3. The quantitative estimate of drug-likeness (QED) is 0.158. The van der Waals surface area contributed by atoms with Crippen LogP contribution in [-0.4, -0.2) is 19.6 Å². The number of para-hydroxylation sites is 2. The van der Waals surface area contributed by atoms with Gasteiger partial charge in [0, 0.05) is 26.0 Å². The zero-order valence-corrected chi connectivity index (χ0v) is 36.3. The van der Waals surface area contributed by atoms with Crippen molar-refractivity contribution >= 4 is 11.0 Å². The van der Waals surface area contributed by atoms with Gasteiger partial charge in [-0.2, -0.15) is 0 Å². The highest BCUT2D eigenvalue weighted by Crippen LogP contribution is 2.43. The van der Waals surface area contributed by atoms with Gasteiger partial charge in [-0.25, -0.2) is 4.98 Å². The Bertz CT molecular complexity index is 3110. The fourth-order valence-electron chi connectivity index (χ4n) is 8.74. The Morgan fingerprint density at radius 3 is 1.95 bits per heavy atom. The summed E-state index contributed by atoms with van der Waals surface area (Å²) in [5.74, 6) is 1.29. The average Bonchev–Trinajstić information content (AvgIpc) is 3.70. The third kappa shape index (κ3) is 7.74. The molecule has 306 valence electrons. The fraction of sp³-hybridized carbons (Fsp3) is 0.172. The molecular weight excluding hydrogens is 755 g/mol. The van der Waals surface area contributed by atoms with Crippen molar-refractivity contribution in [2.24, 2.45) is 0 Å². The van der Waals surface area contributed by atoms with E-state index in [4.69, 9.17) is 12.7 Å². The monoisotopic (exact) mass is 809 g/mol. The molecule has 0 aliphatic rings. The predicted molar refractivity (Wildman–Crippen MR) is 259 cm³/mol. The van der Waals surface area contributed by atoms with Gasteiger partial charge in [0.05, 0.1) is 28.0 Å². The van der Waals surface area contributed by atoms with Crippen LogP contribution in [0.25, 0.3) is 72.7 Å². The Morgan fingerprint density at radius 2 is 1.23 bits per heavy atom. The molecular formula is C58H53N3O. The Balaban J connectivity index is 1.20. The van der Waals surface area contributed by atoms with Crippen LogP contribution < -0.4 is 0 Å². The lowest BCUT2D eigenvalue weighted by Gasteiger charge is -2.23. The summed E-state index contributed by atoms with van der Waals surface area (Å²) in [6.07, 6.45) is 1.83. The van der Waals surface area contributed by atoms with E-state index in [0.29, 0.717) is 17.0 Å². The first-order valence-corrected chi connectivity index (χ1v) is 21.5. The molecule has 4 heteroatoms. The summed E-state index contributed by atoms with van der Waals surface area (Å²) >= 11 is 0. The van der Waals surface area contributed by atoms with Gasteiger partial charge in [0.25, 0.3) is 0 Å². The number of phenols is 1. The van der Waals surface area contributed by atoms with Crippen LogP contribution in [0.15, 0.2) is 176 Å². The number of nitrogens with zero attached hydrogens (tertiary/aromatic N) is 3. The van der Waals surface area contributed by atoms with E-state index in [1.165, 1.54) is 11.1 Å². The fourth-order valence-corrected chi connectivity index (χ4v) is 8.74. The molecule has 2 heterocycles. The minimum Gasteiger partial charge on any atom is -0.507 e. The zero-order chi connectivity index (χ0) is 44.7. The van der Waals surface area contributed by atoms with E-state index in [2.05, 4.69) is 161 Å². The summed E-state index contributed by atoms with van der Waals surface area (Å²) in [7, 11) is 0. The first kappa shape index (κ1) is 37.9. The van der Waals surface area contributed by atoms with Crippen molar-refractivity contribution in [1.82, 2.24) is 14.5 Å². The highest BCUT2D eigenvalue weighted by Gasteiger charge is 2.26. The lowest BCUT2D eigenvalue weighted by atomic mass is 9.85. The van der Waals surface area contributed by atoms with Crippen LogP contribution in [0.3, 0.4) is 0 Å². The molecule has 4 nitrogen and oxygen atoms in total. The minimum absolute atomic E-state index is 0.172. The number of benzene rings is 7. The van der Waals surface area contributed by atoms with Gasteiger partial charge in [0.2, 0.25) is 0 Å². The number of fused-ring (bicyclic) bond motifs is 1. The third-order valence-electron chi connectivity index (χ3n) is 12.1. The van der Waals surface area contributed by atoms with Crippen LogP contribution in [0.5, 0.6) is 5.75 Å². The second-order valence-electron chi connectivity index (χ2n) is 17.7. The van der Waals surface area contributed by atoms with Crippen LogP contribution in [0.4, 0.5) is 0 Å². The second-order valence-corrected chi connectivity index (χ2v) is 17.7. The maximum Gasteiger partial charge on any atom is 0.149 e. The van der Waals surface area contributed by atoms with E-state index in [0.717, 1.165) is 72.5 Å². The smallest absolute Gasteiger partial charge is 0.149 e. The summed E-state index contributed by atoms with van der Waals surface area (Å²) < 4.78 is 19.4. The van der Waals surface area contributed by atoms with Crippen LogP contribution in [0, 0.1) is 6.88 Å². The highest BCUT2D eigenvalue weighted by molar-refractivity contribution is 5.97. The van der Waals surface area contributed by atoms with Gasteiger partial charge in [-0.15, -0.1) is 0 Å². The molecule has 0 fully saturated rings. The molecule has 1 atom stereocenters. The Kier molecular flexibility index (Phi) is 10.1. The molecule has 9 rings (SSSR count). The molecule has 2 aromatic heterocycles. The van der Waals surface area contributed by atoms with E-state index in [1.807, 2.05) is 60.8 Å². The molecule has 0 amide bonds. The van der Waals surface area contributed by atoms with Crippen molar-refractivity contribution in [2.45, 2.75) is 65.7 Å². The first-order chi connectivity index (χ1) is 30.9. The van der Waals surface area contributed by atoms with E-state index < -0.39 is 6.88 Å². The molecule has 0 aliphatic heterocycles. The molecule has 0 radical (unpaired) electrons. The number of pyridine rings is 1. The van der Waals surface area contributed by atoms with Crippen LogP contribution in [0.1, 0.15) is 83.9 Å². The van der Waals surface area contributed by atoms with E-state index >= 15 is 0 Å². The van der Waals surface area contributed by atoms with E-state index in [-0.39, 0.29) is 23.0 Å². The number of rotatable bonds is 9. The van der Waals surface area contributed by atoms with Gasteiger partial charge in [0.15, 0.2) is 0 Å². The molecule has 62 heavy (non-hydrogen) atoms. The topological polar surface area (TPSA) is 50.9 Å². The number of phenolic OH excluding ortho intramolecular Hbond substituents is 1. The van der Waals surface area contributed by atoms with Crippen LogP contribution in [0.2, 0.25) is 0 Å². The number of hydrogen-bond acceptors (Lipinski definition) is 3. The van der Waals surface area contributed by atoms with Gasteiger partial charge < -0.3 is 5.11 Å². The Morgan fingerprint density at radius 1 is 0.581 bits per heavy atom. The van der Waals surface area contributed by atoms with Crippen molar-refractivity contribution in [3.05, 3.63) is 204 Å². The van der Waals surface area contributed by atoms with Gasteiger partial charge in [-0.1, -0.05) is 163 Å². The predicted octanol–water partition coefficient (Wildman–Crippen LogP) is 15.3. The molecule has 1 unspecified atom stereocenters. The number of aryl methyl sites for hydroxylation is 1. The summed E-state index contributed by atoms with van der Waals surface area (Å²) in [4.78, 5) is 10.3. The second kappa shape index (κ2) is 16.4. The van der Waals surface area contributed by atoms with E-state index in [9.17, 15) is 5.11 Å². The molecule has 1 N–H and O–H groups in total. The Labute approximate surface area is 369 Å².